The highest BCUT2D eigenvalue weighted by molar-refractivity contribution is 7.92. The summed E-state index contributed by atoms with van der Waals surface area (Å²) in [6.45, 7) is 9.51. The Morgan fingerprint density at radius 3 is 2.76 bits per heavy atom. The van der Waals surface area contributed by atoms with E-state index in [1.165, 1.54) is 40.4 Å². The van der Waals surface area contributed by atoms with E-state index in [9.17, 15) is 8.42 Å². The molecule has 2 aliphatic heterocycles. The number of aryl methyl sites for hydroxylation is 2. The molecule has 3 aromatic rings. The molecule has 2 aliphatic rings. The molecule has 2 atom stereocenters. The molecule has 10 nitrogen and oxygen atoms in total. The SMILES string of the molecule is Cc1cc(Nc2ncc(Cl)c(Nc3cn(C)nc3S(=O)(=O)C(C)C)n2)c2c(c1C1CCCNC1)C[C@@H](C)O2. The van der Waals surface area contributed by atoms with Gasteiger partial charge in [-0.3, -0.25) is 4.68 Å². The predicted molar refractivity (Wildman–Crippen MR) is 149 cm³/mol. The summed E-state index contributed by atoms with van der Waals surface area (Å²) in [7, 11) is -1.96. The normalized spacial score (nSPS) is 19.3. The van der Waals surface area contributed by atoms with E-state index >= 15 is 0 Å². The maximum atomic E-state index is 12.8. The van der Waals surface area contributed by atoms with Gasteiger partial charge in [-0.15, -0.1) is 0 Å². The molecule has 0 bridgehead atoms. The number of halogens is 1. The Bertz CT molecular complexity index is 1470. The first-order valence-electron chi connectivity index (χ1n) is 12.9. The minimum atomic E-state index is -3.63. The van der Waals surface area contributed by atoms with Crippen LogP contribution in [0.2, 0.25) is 5.02 Å². The van der Waals surface area contributed by atoms with Crippen LogP contribution >= 0.6 is 11.6 Å². The van der Waals surface area contributed by atoms with Gasteiger partial charge in [0, 0.05) is 31.8 Å². The molecule has 5 rings (SSSR count). The molecule has 1 saturated heterocycles. The molecule has 3 N–H and O–H groups in total. The van der Waals surface area contributed by atoms with Crippen LogP contribution in [0, 0.1) is 6.92 Å². The number of fused-ring (bicyclic) bond motifs is 1. The number of aromatic nitrogens is 4. The van der Waals surface area contributed by atoms with E-state index in [2.05, 4.69) is 50.9 Å². The van der Waals surface area contributed by atoms with E-state index in [1.807, 2.05) is 0 Å². The summed E-state index contributed by atoms with van der Waals surface area (Å²) < 4.78 is 33.4. The summed E-state index contributed by atoms with van der Waals surface area (Å²) in [5.41, 5.74) is 4.94. The fraction of sp³-hybridized carbons (Fsp3) is 0.500. The van der Waals surface area contributed by atoms with Crippen LogP contribution in [0.3, 0.4) is 0 Å². The van der Waals surface area contributed by atoms with Gasteiger partial charge >= 0.3 is 0 Å². The summed E-state index contributed by atoms with van der Waals surface area (Å²) in [5, 5.41) is 13.6. The van der Waals surface area contributed by atoms with E-state index < -0.39 is 15.1 Å². The Balaban J connectivity index is 1.47. The van der Waals surface area contributed by atoms with Crippen LogP contribution in [0.1, 0.15) is 56.2 Å². The van der Waals surface area contributed by atoms with Crippen LogP contribution in [0.15, 0.2) is 23.5 Å². The van der Waals surface area contributed by atoms with Crippen LogP contribution < -0.4 is 20.7 Å². The number of benzene rings is 1. The second-order valence-corrected chi connectivity index (χ2v) is 13.2. The summed E-state index contributed by atoms with van der Waals surface area (Å²) in [4.78, 5) is 8.93. The maximum absolute atomic E-state index is 12.8. The lowest BCUT2D eigenvalue weighted by molar-refractivity contribution is 0.256. The summed E-state index contributed by atoms with van der Waals surface area (Å²) >= 11 is 6.41. The van der Waals surface area contributed by atoms with E-state index in [1.54, 1.807) is 27.1 Å². The number of sulfone groups is 1. The molecule has 2 aromatic heterocycles. The molecule has 0 amide bonds. The van der Waals surface area contributed by atoms with Crippen molar-refractivity contribution in [1.82, 2.24) is 25.1 Å². The zero-order valence-corrected chi connectivity index (χ0v) is 23.9. The number of hydrogen-bond acceptors (Lipinski definition) is 9. The van der Waals surface area contributed by atoms with Crippen LogP contribution in [0.4, 0.5) is 23.1 Å². The Kier molecular flexibility index (Phi) is 7.27. The topological polar surface area (TPSA) is 123 Å². The van der Waals surface area contributed by atoms with Gasteiger partial charge in [0.1, 0.15) is 16.9 Å². The van der Waals surface area contributed by atoms with E-state index in [-0.39, 0.29) is 22.0 Å². The largest absolute Gasteiger partial charge is 0.488 e. The van der Waals surface area contributed by atoms with Gasteiger partial charge in [0.2, 0.25) is 20.8 Å². The van der Waals surface area contributed by atoms with Crippen molar-refractivity contribution >= 4 is 44.6 Å². The lowest BCUT2D eigenvalue weighted by atomic mass is 9.84. The quantitative estimate of drug-likeness (QED) is 0.380. The van der Waals surface area contributed by atoms with Crippen LogP contribution in [-0.4, -0.2) is 52.6 Å². The highest BCUT2D eigenvalue weighted by Crippen LogP contribution is 2.45. The molecule has 0 saturated carbocycles. The average Bonchev–Trinajstić information content (AvgIpc) is 3.44. The molecule has 1 unspecified atom stereocenters. The minimum absolute atomic E-state index is 0.0530. The third-order valence-corrected chi connectivity index (χ3v) is 9.43. The number of nitrogens with zero attached hydrogens (tertiary/aromatic N) is 4. The van der Waals surface area contributed by atoms with Crippen molar-refractivity contribution in [3.63, 3.8) is 0 Å². The summed E-state index contributed by atoms with van der Waals surface area (Å²) in [6, 6.07) is 2.10. The van der Waals surface area contributed by atoms with E-state index in [0.29, 0.717) is 17.6 Å². The fourth-order valence-corrected chi connectivity index (χ4v) is 6.50. The lowest BCUT2D eigenvalue weighted by Crippen LogP contribution is -2.29. The van der Waals surface area contributed by atoms with E-state index in [0.717, 1.165) is 30.9 Å². The molecule has 4 heterocycles. The monoisotopic (exact) mass is 559 g/mol. The summed E-state index contributed by atoms with van der Waals surface area (Å²) in [5.74, 6) is 1.89. The molecule has 0 radical (unpaired) electrons. The molecular weight excluding hydrogens is 526 g/mol. The molecule has 0 aliphatic carbocycles. The molecule has 0 spiro atoms. The molecule has 204 valence electrons. The molecule has 1 aromatic carbocycles. The highest BCUT2D eigenvalue weighted by atomic mass is 35.5. The van der Waals surface area contributed by atoms with Gasteiger partial charge in [0.25, 0.3) is 0 Å². The van der Waals surface area contributed by atoms with Crippen molar-refractivity contribution in [2.24, 2.45) is 7.05 Å². The van der Waals surface area contributed by atoms with Crippen molar-refractivity contribution in [2.45, 2.75) is 69.3 Å². The average molecular weight is 560 g/mol. The molecule has 38 heavy (non-hydrogen) atoms. The van der Waals surface area contributed by atoms with Gasteiger partial charge in [-0.05, 0) is 70.2 Å². The van der Waals surface area contributed by atoms with Gasteiger partial charge < -0.3 is 20.7 Å². The number of anilines is 4. The first-order valence-corrected chi connectivity index (χ1v) is 14.8. The molecular formula is C26H34ClN7O3S. The molecule has 1 fully saturated rings. The predicted octanol–water partition coefficient (Wildman–Crippen LogP) is 4.63. The summed E-state index contributed by atoms with van der Waals surface area (Å²) in [6.07, 6.45) is 6.34. The first-order chi connectivity index (χ1) is 18.0. The van der Waals surface area contributed by atoms with Crippen molar-refractivity contribution in [3.8, 4) is 5.75 Å². The van der Waals surface area contributed by atoms with Gasteiger partial charge in [-0.2, -0.15) is 10.1 Å². The Morgan fingerprint density at radius 2 is 2.05 bits per heavy atom. The number of nitrogens with one attached hydrogen (secondary N) is 3. The molecule has 12 heteroatoms. The van der Waals surface area contributed by atoms with Gasteiger partial charge in [0.05, 0.1) is 22.8 Å². The van der Waals surface area contributed by atoms with Gasteiger partial charge in [-0.1, -0.05) is 11.6 Å². The minimum Gasteiger partial charge on any atom is -0.488 e. The number of ether oxygens (including phenoxy) is 1. The maximum Gasteiger partial charge on any atom is 0.229 e. The van der Waals surface area contributed by atoms with Crippen LogP contribution in [0.5, 0.6) is 5.75 Å². The zero-order valence-electron chi connectivity index (χ0n) is 22.3. The van der Waals surface area contributed by atoms with Crippen molar-refractivity contribution in [1.29, 1.82) is 0 Å². The zero-order chi connectivity index (χ0) is 27.2. The number of hydrogen-bond donors (Lipinski definition) is 3. The smallest absolute Gasteiger partial charge is 0.229 e. The fourth-order valence-electron chi connectivity index (χ4n) is 5.26. The highest BCUT2D eigenvalue weighted by Gasteiger charge is 2.31. The van der Waals surface area contributed by atoms with Crippen LogP contribution in [-0.2, 0) is 23.3 Å². The third-order valence-electron chi connectivity index (χ3n) is 7.07. The van der Waals surface area contributed by atoms with Crippen LogP contribution in [0.25, 0.3) is 0 Å². The lowest BCUT2D eigenvalue weighted by Gasteiger charge is -2.27. The van der Waals surface area contributed by atoms with Gasteiger partial charge in [-0.25, -0.2) is 13.4 Å². The van der Waals surface area contributed by atoms with E-state index in [4.69, 9.17) is 16.3 Å². The number of rotatable bonds is 7. The van der Waals surface area contributed by atoms with Gasteiger partial charge in [0.15, 0.2) is 5.82 Å². The Labute approximate surface area is 228 Å². The second kappa shape index (κ2) is 10.3. The van der Waals surface area contributed by atoms with Crippen molar-refractivity contribution in [2.75, 3.05) is 23.7 Å². The Hall–Kier alpha value is -2.89. The van der Waals surface area contributed by atoms with Crippen molar-refractivity contribution in [3.05, 3.63) is 40.2 Å². The third kappa shape index (κ3) is 5.06. The Morgan fingerprint density at radius 1 is 1.26 bits per heavy atom. The standard InChI is InChI=1S/C26H34ClN7O3S/c1-14(2)38(35,36)25-21(13-34(5)33-25)30-24-19(27)12-29-26(32-24)31-20-9-15(3)22(17-7-6-8-28-11-17)18-10-16(4)37-23(18)20/h9,12-14,16-17,28H,6-8,10-11H2,1-5H3,(H2,29,30,31,32)/t16-,17?/m1/s1. The number of piperidine rings is 1. The second-order valence-electron chi connectivity index (χ2n) is 10.4. The van der Waals surface area contributed by atoms with Crippen molar-refractivity contribution < 1.29 is 13.2 Å². The first kappa shape index (κ1) is 26.7.